The molecule has 0 bridgehead atoms. The molecule has 17 heavy (non-hydrogen) atoms. The summed E-state index contributed by atoms with van der Waals surface area (Å²) in [6.07, 6.45) is 0.475. The van der Waals surface area contributed by atoms with Crippen LogP contribution in [-0.4, -0.2) is 29.3 Å². The van der Waals surface area contributed by atoms with Gasteiger partial charge in [0.05, 0.1) is 23.9 Å². The minimum atomic E-state index is -0.781. The second-order valence-corrected chi connectivity index (χ2v) is 6.57. The van der Waals surface area contributed by atoms with Crippen LogP contribution in [0.3, 0.4) is 0 Å². The van der Waals surface area contributed by atoms with Crippen LogP contribution in [0.2, 0.25) is 0 Å². The van der Waals surface area contributed by atoms with E-state index >= 15 is 0 Å². The van der Waals surface area contributed by atoms with Crippen molar-refractivity contribution in [2.45, 2.75) is 32.6 Å². The van der Waals surface area contributed by atoms with E-state index in [9.17, 15) is 9.90 Å². The summed E-state index contributed by atoms with van der Waals surface area (Å²) in [6, 6.07) is 0. The van der Waals surface area contributed by atoms with Crippen molar-refractivity contribution in [3.8, 4) is 0 Å². The molecule has 0 unspecified atom stereocenters. The van der Waals surface area contributed by atoms with Crippen LogP contribution in [0.5, 0.6) is 0 Å². The number of carboxylic acids is 1. The predicted molar refractivity (Wildman–Crippen MR) is 65.4 cm³/mol. The molecule has 2 rings (SSSR count). The van der Waals surface area contributed by atoms with Crippen LogP contribution in [0.1, 0.15) is 31.5 Å². The van der Waals surface area contributed by atoms with E-state index in [1.54, 1.807) is 0 Å². The highest BCUT2D eigenvalue weighted by Gasteiger charge is 2.47. The molecule has 0 aliphatic carbocycles. The fourth-order valence-corrected chi connectivity index (χ4v) is 2.84. The molecule has 0 spiro atoms. The standard InChI is InChI=1S/C12H17NO3S/c1-11(2,3)8-5-17-9(13-8)4-12(10(14)15)6-16-7-12/h5H,4,6-7H2,1-3H3,(H,14,15). The Hall–Kier alpha value is -0.940. The Morgan fingerprint density at radius 1 is 1.59 bits per heavy atom. The normalized spacial score (nSPS) is 18.8. The van der Waals surface area contributed by atoms with Gasteiger partial charge in [0.1, 0.15) is 5.41 Å². The van der Waals surface area contributed by atoms with E-state index in [-0.39, 0.29) is 5.41 Å². The lowest BCUT2D eigenvalue weighted by Gasteiger charge is -2.36. The Morgan fingerprint density at radius 3 is 2.59 bits per heavy atom. The molecule has 0 saturated carbocycles. The number of carbonyl (C=O) groups is 1. The van der Waals surface area contributed by atoms with Crippen molar-refractivity contribution in [2.75, 3.05) is 13.2 Å². The maximum absolute atomic E-state index is 11.2. The molecule has 0 radical (unpaired) electrons. The second-order valence-electron chi connectivity index (χ2n) is 5.63. The first-order chi connectivity index (χ1) is 7.83. The van der Waals surface area contributed by atoms with Crippen LogP contribution in [0.25, 0.3) is 0 Å². The van der Waals surface area contributed by atoms with E-state index in [1.165, 1.54) is 11.3 Å². The van der Waals surface area contributed by atoms with Crippen molar-refractivity contribution in [2.24, 2.45) is 5.41 Å². The molecule has 0 atom stereocenters. The zero-order valence-corrected chi connectivity index (χ0v) is 11.1. The fraction of sp³-hybridized carbons (Fsp3) is 0.667. The third-order valence-corrected chi connectivity index (χ3v) is 3.87. The van der Waals surface area contributed by atoms with Crippen LogP contribution in [0, 0.1) is 5.41 Å². The van der Waals surface area contributed by atoms with Gasteiger partial charge < -0.3 is 9.84 Å². The topological polar surface area (TPSA) is 59.4 Å². The number of nitrogens with zero attached hydrogens (tertiary/aromatic N) is 1. The highest BCUT2D eigenvalue weighted by Crippen LogP contribution is 2.34. The maximum atomic E-state index is 11.2. The van der Waals surface area contributed by atoms with Crippen LogP contribution in [0.4, 0.5) is 0 Å². The lowest BCUT2D eigenvalue weighted by molar-refractivity contribution is -0.179. The number of hydrogen-bond acceptors (Lipinski definition) is 4. The van der Waals surface area contributed by atoms with Crippen molar-refractivity contribution in [1.29, 1.82) is 0 Å². The molecule has 1 aromatic heterocycles. The number of carboxylic acid groups (broad SMARTS) is 1. The van der Waals surface area contributed by atoms with E-state index in [0.717, 1.165) is 10.7 Å². The minimum absolute atomic E-state index is 0.0151. The quantitative estimate of drug-likeness (QED) is 0.898. The van der Waals surface area contributed by atoms with E-state index in [4.69, 9.17) is 4.74 Å². The monoisotopic (exact) mass is 255 g/mol. The number of aromatic nitrogens is 1. The van der Waals surface area contributed by atoms with Crippen molar-refractivity contribution in [3.63, 3.8) is 0 Å². The molecule has 2 heterocycles. The van der Waals surface area contributed by atoms with Crippen molar-refractivity contribution in [1.82, 2.24) is 4.98 Å². The Balaban J connectivity index is 2.14. The number of rotatable bonds is 3. The molecule has 0 aromatic carbocycles. The molecular weight excluding hydrogens is 238 g/mol. The molecule has 5 heteroatoms. The number of thiazole rings is 1. The summed E-state index contributed by atoms with van der Waals surface area (Å²) in [5.41, 5.74) is 0.298. The van der Waals surface area contributed by atoms with Crippen molar-refractivity contribution < 1.29 is 14.6 Å². The molecule has 1 aromatic rings. The lowest BCUT2D eigenvalue weighted by atomic mass is 9.83. The Labute approximate surface area is 105 Å². The molecule has 94 valence electrons. The van der Waals surface area contributed by atoms with Gasteiger partial charge in [0.25, 0.3) is 0 Å². The van der Waals surface area contributed by atoms with Crippen LogP contribution in [0.15, 0.2) is 5.38 Å². The first-order valence-corrected chi connectivity index (χ1v) is 6.47. The van der Waals surface area contributed by atoms with Crippen molar-refractivity contribution >= 4 is 17.3 Å². The van der Waals surface area contributed by atoms with E-state index in [0.29, 0.717) is 19.6 Å². The Morgan fingerprint density at radius 2 is 2.24 bits per heavy atom. The van der Waals surface area contributed by atoms with Gasteiger partial charge in [-0.25, -0.2) is 4.98 Å². The smallest absolute Gasteiger partial charge is 0.314 e. The molecule has 1 aliphatic heterocycles. The summed E-state index contributed by atoms with van der Waals surface area (Å²) in [5.74, 6) is -0.781. The molecule has 1 aliphatic rings. The summed E-state index contributed by atoms with van der Waals surface area (Å²) < 4.78 is 5.04. The molecule has 4 nitrogen and oxygen atoms in total. The van der Waals surface area contributed by atoms with Gasteiger partial charge in [0.15, 0.2) is 0 Å². The molecule has 1 fully saturated rings. The zero-order valence-electron chi connectivity index (χ0n) is 10.3. The number of hydrogen-bond donors (Lipinski definition) is 1. The lowest BCUT2D eigenvalue weighted by Crippen LogP contribution is -2.50. The summed E-state index contributed by atoms with van der Waals surface area (Å²) in [4.78, 5) is 15.7. The van der Waals surface area contributed by atoms with Gasteiger partial charge in [-0.05, 0) is 0 Å². The maximum Gasteiger partial charge on any atom is 0.314 e. The predicted octanol–water partition coefficient (Wildman–Crippen LogP) is 2.08. The Bertz CT molecular complexity index is 429. The summed E-state index contributed by atoms with van der Waals surface area (Å²) in [7, 11) is 0. The average molecular weight is 255 g/mol. The largest absolute Gasteiger partial charge is 0.481 e. The third kappa shape index (κ3) is 2.35. The Kier molecular flexibility index (Phi) is 2.99. The van der Waals surface area contributed by atoms with E-state index in [1.807, 2.05) is 5.38 Å². The summed E-state index contributed by atoms with van der Waals surface area (Å²) in [6.45, 7) is 6.90. The fourth-order valence-electron chi connectivity index (χ4n) is 1.68. The first kappa shape index (κ1) is 12.5. The average Bonchev–Trinajstić information content (AvgIpc) is 2.57. The third-order valence-electron chi connectivity index (χ3n) is 3.02. The molecule has 1 N–H and O–H groups in total. The highest BCUT2D eigenvalue weighted by molar-refractivity contribution is 7.09. The van der Waals surface area contributed by atoms with Gasteiger partial charge in [-0.1, -0.05) is 20.8 Å². The van der Waals surface area contributed by atoms with Gasteiger partial charge in [-0.2, -0.15) is 0 Å². The minimum Gasteiger partial charge on any atom is -0.481 e. The van der Waals surface area contributed by atoms with Gasteiger partial charge in [0, 0.05) is 17.2 Å². The number of aliphatic carboxylic acids is 1. The second kappa shape index (κ2) is 4.07. The van der Waals surface area contributed by atoms with Crippen LogP contribution in [-0.2, 0) is 21.4 Å². The van der Waals surface area contributed by atoms with Gasteiger partial charge in [-0.15, -0.1) is 11.3 Å². The van der Waals surface area contributed by atoms with Gasteiger partial charge >= 0.3 is 5.97 Å². The van der Waals surface area contributed by atoms with Gasteiger partial charge in [-0.3, -0.25) is 4.79 Å². The number of ether oxygens (including phenoxy) is 1. The molecule has 0 amide bonds. The van der Waals surface area contributed by atoms with E-state index < -0.39 is 11.4 Å². The van der Waals surface area contributed by atoms with Gasteiger partial charge in [0.2, 0.25) is 0 Å². The summed E-state index contributed by atoms with van der Waals surface area (Å²) in [5, 5.41) is 12.1. The SMILES string of the molecule is CC(C)(C)c1csc(CC2(C(=O)O)COC2)n1. The highest BCUT2D eigenvalue weighted by atomic mass is 32.1. The first-order valence-electron chi connectivity index (χ1n) is 5.60. The molecule has 1 saturated heterocycles. The summed E-state index contributed by atoms with van der Waals surface area (Å²) >= 11 is 1.54. The molecular formula is C12H17NO3S. The zero-order chi connectivity index (χ0) is 12.7. The van der Waals surface area contributed by atoms with Crippen LogP contribution >= 0.6 is 11.3 Å². The van der Waals surface area contributed by atoms with Crippen LogP contribution < -0.4 is 0 Å². The van der Waals surface area contributed by atoms with Crippen molar-refractivity contribution in [3.05, 3.63) is 16.1 Å². The van der Waals surface area contributed by atoms with E-state index in [2.05, 4.69) is 25.8 Å².